The van der Waals surface area contributed by atoms with Crippen LogP contribution in [-0.4, -0.2) is 23.3 Å². The van der Waals surface area contributed by atoms with Gasteiger partial charge < -0.3 is 15.0 Å². The lowest BCUT2D eigenvalue weighted by molar-refractivity contribution is -0.118. The molecular weight excluding hydrogens is 390 g/mol. The fourth-order valence-corrected chi connectivity index (χ4v) is 3.31. The highest BCUT2D eigenvalue weighted by Gasteiger charge is 2.27. The summed E-state index contributed by atoms with van der Waals surface area (Å²) in [4.78, 5) is 26.4. The topological polar surface area (TPSA) is 58.6 Å². The molecule has 0 radical (unpaired) electrons. The van der Waals surface area contributed by atoms with Gasteiger partial charge in [0.05, 0.1) is 11.3 Å². The first-order valence-electron chi connectivity index (χ1n) is 9.34. The van der Waals surface area contributed by atoms with Gasteiger partial charge in [0.15, 0.2) is 6.61 Å². The molecule has 1 heterocycles. The van der Waals surface area contributed by atoms with Crippen LogP contribution in [0.25, 0.3) is 0 Å². The summed E-state index contributed by atoms with van der Waals surface area (Å²) in [5, 5.41) is 2.33. The average molecular weight is 408 g/mol. The van der Waals surface area contributed by atoms with Gasteiger partial charge in [0.1, 0.15) is 17.4 Å². The van der Waals surface area contributed by atoms with Crippen LogP contribution >= 0.6 is 0 Å². The Balaban J connectivity index is 1.47. The maximum atomic E-state index is 14.3. The number of fused-ring (bicyclic) bond motifs is 1. The molecule has 0 saturated heterocycles. The smallest absolute Gasteiger partial charge is 0.262 e. The third-order valence-electron chi connectivity index (χ3n) is 4.80. The quantitative estimate of drug-likeness (QED) is 0.690. The first-order chi connectivity index (χ1) is 14.5. The Morgan fingerprint density at radius 2 is 1.53 bits per heavy atom. The van der Waals surface area contributed by atoms with Crippen LogP contribution in [0.15, 0.2) is 66.7 Å². The molecule has 0 spiro atoms. The number of para-hydroxylation sites is 1. The number of carbonyl (C=O) groups excluding carboxylic acids is 2. The Morgan fingerprint density at radius 3 is 2.20 bits per heavy atom. The molecule has 7 heteroatoms. The van der Waals surface area contributed by atoms with E-state index < -0.39 is 23.4 Å². The van der Waals surface area contributed by atoms with Gasteiger partial charge in [-0.3, -0.25) is 9.59 Å². The number of hydrogen-bond donors (Lipinski definition) is 1. The number of nitrogens with one attached hydrogen (secondary N) is 1. The number of rotatable bonds is 5. The first-order valence-corrected chi connectivity index (χ1v) is 9.34. The Labute approximate surface area is 171 Å². The number of carbonyl (C=O) groups is 2. The van der Waals surface area contributed by atoms with Crippen LogP contribution < -0.4 is 10.1 Å². The van der Waals surface area contributed by atoms with E-state index >= 15 is 0 Å². The lowest BCUT2D eigenvalue weighted by atomic mass is 10.1. The summed E-state index contributed by atoms with van der Waals surface area (Å²) in [6.45, 7) is 0.336. The number of amides is 2. The summed E-state index contributed by atoms with van der Waals surface area (Å²) in [6.07, 6.45) is 0. The van der Waals surface area contributed by atoms with E-state index in [0.717, 1.165) is 17.2 Å². The number of hydrogen-bond acceptors (Lipinski definition) is 3. The molecule has 1 aliphatic heterocycles. The van der Waals surface area contributed by atoms with Gasteiger partial charge in [0.2, 0.25) is 0 Å². The second-order valence-electron chi connectivity index (χ2n) is 6.89. The van der Waals surface area contributed by atoms with Crippen molar-refractivity contribution in [2.75, 3.05) is 11.9 Å². The SMILES string of the molecule is O=C(COc1ccccc1)Nc1cc(C(=O)N2Cc3ccccc3C2)c(F)cc1F. The Morgan fingerprint density at radius 1 is 0.900 bits per heavy atom. The van der Waals surface area contributed by atoms with E-state index in [0.29, 0.717) is 24.9 Å². The number of nitrogens with zero attached hydrogens (tertiary/aromatic N) is 1. The molecule has 3 aromatic carbocycles. The molecule has 5 nitrogen and oxygen atoms in total. The molecule has 0 aliphatic carbocycles. The van der Waals surface area contributed by atoms with Crippen LogP contribution in [0.5, 0.6) is 5.75 Å². The fraction of sp³-hybridized carbons (Fsp3) is 0.130. The summed E-state index contributed by atoms with van der Waals surface area (Å²) in [5.74, 6) is -2.67. The molecule has 1 N–H and O–H groups in total. The zero-order chi connectivity index (χ0) is 21.1. The lowest BCUT2D eigenvalue weighted by Crippen LogP contribution is -2.27. The minimum Gasteiger partial charge on any atom is -0.484 e. The van der Waals surface area contributed by atoms with Crippen molar-refractivity contribution in [3.8, 4) is 5.75 Å². The van der Waals surface area contributed by atoms with Gasteiger partial charge in [-0.25, -0.2) is 8.78 Å². The van der Waals surface area contributed by atoms with Gasteiger partial charge in [-0.1, -0.05) is 42.5 Å². The standard InChI is InChI=1S/C23H18F2N2O3/c24-19-11-20(25)21(26-22(28)14-30-17-8-2-1-3-9-17)10-18(19)23(29)27-12-15-6-4-5-7-16(15)13-27/h1-11H,12-14H2,(H,26,28). The van der Waals surface area contributed by atoms with E-state index in [1.54, 1.807) is 30.3 Å². The highest BCUT2D eigenvalue weighted by atomic mass is 19.1. The normalized spacial score (nSPS) is 12.4. The minimum absolute atomic E-state index is 0.280. The largest absolute Gasteiger partial charge is 0.484 e. The highest BCUT2D eigenvalue weighted by Crippen LogP contribution is 2.27. The van der Waals surface area contributed by atoms with Gasteiger partial charge in [-0.15, -0.1) is 0 Å². The van der Waals surface area contributed by atoms with E-state index in [-0.39, 0.29) is 17.9 Å². The van der Waals surface area contributed by atoms with E-state index in [1.165, 1.54) is 4.90 Å². The minimum atomic E-state index is -0.980. The van der Waals surface area contributed by atoms with Gasteiger partial charge >= 0.3 is 0 Å². The monoisotopic (exact) mass is 408 g/mol. The summed E-state index contributed by atoms with van der Waals surface area (Å²) in [6, 6.07) is 17.8. The van der Waals surface area contributed by atoms with Gasteiger partial charge in [-0.2, -0.15) is 0 Å². The summed E-state index contributed by atoms with van der Waals surface area (Å²) < 4.78 is 33.8. The first kappa shape index (κ1) is 19.6. The average Bonchev–Trinajstić information content (AvgIpc) is 3.19. The Hall–Kier alpha value is -3.74. The van der Waals surface area contributed by atoms with Gasteiger partial charge in [0.25, 0.3) is 11.8 Å². The van der Waals surface area contributed by atoms with Gasteiger partial charge in [-0.05, 0) is 29.3 Å². The lowest BCUT2D eigenvalue weighted by Gasteiger charge is -2.17. The van der Waals surface area contributed by atoms with Crippen LogP contribution in [-0.2, 0) is 17.9 Å². The molecule has 30 heavy (non-hydrogen) atoms. The summed E-state index contributed by atoms with van der Waals surface area (Å²) in [7, 11) is 0. The number of benzene rings is 3. The summed E-state index contributed by atoms with van der Waals surface area (Å²) >= 11 is 0. The predicted octanol–water partition coefficient (Wildman–Crippen LogP) is 4.14. The van der Waals surface area contributed by atoms with Crippen molar-refractivity contribution < 1.29 is 23.1 Å². The van der Waals surface area contributed by atoms with Crippen molar-refractivity contribution in [3.05, 3.63) is 95.1 Å². The fourth-order valence-electron chi connectivity index (χ4n) is 3.31. The van der Waals surface area contributed by atoms with Crippen molar-refractivity contribution in [1.82, 2.24) is 4.90 Å². The molecule has 0 saturated carbocycles. The number of anilines is 1. The zero-order valence-electron chi connectivity index (χ0n) is 15.9. The van der Waals surface area contributed by atoms with Gasteiger partial charge in [0, 0.05) is 19.2 Å². The highest BCUT2D eigenvalue weighted by molar-refractivity contribution is 5.98. The number of ether oxygens (including phenoxy) is 1. The number of halogens is 2. The third-order valence-corrected chi connectivity index (χ3v) is 4.80. The maximum absolute atomic E-state index is 14.3. The van der Waals surface area contributed by atoms with Crippen molar-refractivity contribution in [1.29, 1.82) is 0 Å². The molecule has 3 aromatic rings. The Bertz CT molecular complexity index is 1080. The molecule has 0 bridgehead atoms. The third kappa shape index (κ3) is 4.15. The van der Waals surface area contributed by atoms with Crippen molar-refractivity contribution in [2.45, 2.75) is 13.1 Å². The summed E-state index contributed by atoms with van der Waals surface area (Å²) in [5.41, 5.74) is 1.39. The second kappa shape index (κ2) is 8.32. The van der Waals surface area contributed by atoms with Crippen LogP contribution in [0.1, 0.15) is 21.5 Å². The molecule has 4 rings (SSSR count). The van der Waals surface area contributed by atoms with Crippen LogP contribution in [0.4, 0.5) is 14.5 Å². The van der Waals surface area contributed by atoms with E-state index in [1.807, 2.05) is 24.3 Å². The van der Waals surface area contributed by atoms with Crippen molar-refractivity contribution in [3.63, 3.8) is 0 Å². The molecular formula is C23H18F2N2O3. The van der Waals surface area contributed by atoms with Crippen molar-refractivity contribution >= 4 is 17.5 Å². The molecule has 0 atom stereocenters. The van der Waals surface area contributed by atoms with E-state index in [9.17, 15) is 18.4 Å². The predicted molar refractivity (Wildman–Crippen MR) is 107 cm³/mol. The maximum Gasteiger partial charge on any atom is 0.262 e. The molecule has 0 unspecified atom stereocenters. The van der Waals surface area contributed by atoms with Crippen LogP contribution in [0.2, 0.25) is 0 Å². The molecule has 0 fully saturated rings. The molecule has 0 aromatic heterocycles. The zero-order valence-corrected chi connectivity index (χ0v) is 15.9. The molecule has 2 amide bonds. The van der Waals surface area contributed by atoms with E-state index in [2.05, 4.69) is 5.32 Å². The van der Waals surface area contributed by atoms with E-state index in [4.69, 9.17) is 4.74 Å². The van der Waals surface area contributed by atoms with Crippen LogP contribution in [0.3, 0.4) is 0 Å². The molecule has 152 valence electrons. The van der Waals surface area contributed by atoms with Crippen LogP contribution in [0, 0.1) is 11.6 Å². The van der Waals surface area contributed by atoms with Crippen molar-refractivity contribution in [2.24, 2.45) is 0 Å². The second-order valence-corrected chi connectivity index (χ2v) is 6.89. The Kier molecular flexibility index (Phi) is 5.43. The molecule has 1 aliphatic rings.